The monoisotopic (exact) mass is 604 g/mol. The minimum atomic E-state index is -3.91. The first-order valence-corrected chi connectivity index (χ1v) is 15.6. The summed E-state index contributed by atoms with van der Waals surface area (Å²) in [4.78, 5) is 24.1. The summed E-state index contributed by atoms with van der Waals surface area (Å²) < 4.78 is 30.1. The van der Waals surface area contributed by atoms with Crippen LogP contribution >= 0.6 is 22.9 Å². The summed E-state index contributed by atoms with van der Waals surface area (Å²) >= 11 is 7.46. The summed E-state index contributed by atoms with van der Waals surface area (Å²) in [5.74, 6) is -0.460. The second-order valence-electron chi connectivity index (χ2n) is 10.2. The van der Waals surface area contributed by atoms with E-state index < -0.39 is 16.1 Å². The third-order valence-corrected chi connectivity index (χ3v) is 10.7. The standard InChI is InChI=1S/C26H29ClN6O5S2/c1-15-10-20-21(13-28-15)39-25(30-20)26(36)32-9-8-31(14-18(32)6-7-33-23(34)4-5-24(33)35)40(37,38)22-12-16-11-17(27)2-3-19(16)29-22/h2-5,11-12,15,18,28-29,34-35H,6-10,13-14H2,1H3. The number of hydrogen-bond acceptors (Lipinski definition) is 8. The molecule has 3 aromatic heterocycles. The molecule has 4 N–H and O–H groups in total. The lowest BCUT2D eigenvalue weighted by Gasteiger charge is -2.40. The summed E-state index contributed by atoms with van der Waals surface area (Å²) in [5, 5.41) is 25.3. The van der Waals surface area contributed by atoms with Gasteiger partial charge in [0.2, 0.25) is 0 Å². The van der Waals surface area contributed by atoms with E-state index in [-0.39, 0.29) is 54.9 Å². The predicted octanol–water partition coefficient (Wildman–Crippen LogP) is 3.13. The van der Waals surface area contributed by atoms with Crippen molar-refractivity contribution < 1.29 is 23.4 Å². The number of piperazine rings is 1. The first-order chi connectivity index (χ1) is 19.1. The van der Waals surface area contributed by atoms with Gasteiger partial charge >= 0.3 is 0 Å². The summed E-state index contributed by atoms with van der Waals surface area (Å²) in [7, 11) is -3.91. The van der Waals surface area contributed by atoms with Gasteiger partial charge in [-0.2, -0.15) is 4.31 Å². The largest absolute Gasteiger partial charge is 0.494 e. The van der Waals surface area contributed by atoms with Gasteiger partial charge < -0.3 is 25.4 Å². The zero-order chi connectivity index (χ0) is 28.2. The Bertz CT molecular complexity index is 1680. The highest BCUT2D eigenvalue weighted by Gasteiger charge is 2.38. The Morgan fingerprint density at radius 3 is 2.73 bits per heavy atom. The third kappa shape index (κ3) is 4.96. The van der Waals surface area contributed by atoms with Crippen molar-refractivity contribution in [2.24, 2.45) is 0 Å². The van der Waals surface area contributed by atoms with Gasteiger partial charge in [-0.15, -0.1) is 11.3 Å². The Morgan fingerprint density at radius 1 is 1.18 bits per heavy atom. The fourth-order valence-electron chi connectivity index (χ4n) is 5.39. The topological polar surface area (TPSA) is 144 Å². The van der Waals surface area contributed by atoms with E-state index in [9.17, 15) is 23.4 Å². The quantitative estimate of drug-likeness (QED) is 0.265. The van der Waals surface area contributed by atoms with Crippen LogP contribution in [-0.4, -0.2) is 80.0 Å². The molecule has 0 spiro atoms. The number of aromatic amines is 1. The lowest BCUT2D eigenvalue weighted by molar-refractivity contribution is 0.0541. The lowest BCUT2D eigenvalue weighted by Crippen LogP contribution is -2.56. The molecule has 0 radical (unpaired) electrons. The summed E-state index contributed by atoms with van der Waals surface area (Å²) in [6.45, 7) is 3.28. The second-order valence-corrected chi connectivity index (χ2v) is 13.7. The Balaban J connectivity index is 1.28. The number of benzene rings is 1. The van der Waals surface area contributed by atoms with E-state index in [1.54, 1.807) is 29.2 Å². The fraction of sp³-hybridized carbons (Fsp3) is 0.385. The van der Waals surface area contributed by atoms with Gasteiger partial charge in [-0.05, 0) is 37.6 Å². The van der Waals surface area contributed by atoms with Crippen molar-refractivity contribution in [3.8, 4) is 11.8 Å². The Morgan fingerprint density at radius 2 is 1.95 bits per heavy atom. The van der Waals surface area contributed by atoms with Crippen LogP contribution in [0.3, 0.4) is 0 Å². The van der Waals surface area contributed by atoms with E-state index in [0.717, 1.165) is 17.0 Å². The van der Waals surface area contributed by atoms with E-state index >= 15 is 0 Å². The molecule has 0 aliphatic carbocycles. The number of rotatable bonds is 6. The van der Waals surface area contributed by atoms with Crippen LogP contribution in [-0.2, 0) is 29.5 Å². The molecule has 5 heterocycles. The summed E-state index contributed by atoms with van der Waals surface area (Å²) in [6.07, 6.45) is 1.05. The van der Waals surface area contributed by atoms with Crippen LogP contribution in [0, 0.1) is 0 Å². The molecular weight excluding hydrogens is 576 g/mol. The third-order valence-electron chi connectivity index (χ3n) is 7.57. The van der Waals surface area contributed by atoms with Gasteiger partial charge in [0, 0.05) is 84.2 Å². The van der Waals surface area contributed by atoms with Crippen molar-refractivity contribution in [2.45, 2.75) is 50.0 Å². The molecule has 0 bridgehead atoms. The molecule has 1 aromatic carbocycles. The first kappa shape index (κ1) is 27.1. The van der Waals surface area contributed by atoms with Crippen LogP contribution in [0.25, 0.3) is 10.9 Å². The van der Waals surface area contributed by atoms with Gasteiger partial charge in [-0.3, -0.25) is 9.36 Å². The van der Waals surface area contributed by atoms with Gasteiger partial charge in [0.15, 0.2) is 16.8 Å². The van der Waals surface area contributed by atoms with Crippen molar-refractivity contribution in [3.05, 3.63) is 57.0 Å². The molecule has 1 fully saturated rings. The predicted molar refractivity (Wildman–Crippen MR) is 151 cm³/mol. The first-order valence-electron chi connectivity index (χ1n) is 13.0. The molecule has 11 nitrogen and oxygen atoms in total. The molecule has 0 saturated carbocycles. The summed E-state index contributed by atoms with van der Waals surface area (Å²) in [6, 6.07) is 9.21. The molecular formula is C26H29ClN6O5S2. The number of nitrogens with one attached hydrogen (secondary N) is 2. The zero-order valence-electron chi connectivity index (χ0n) is 21.7. The smallest absolute Gasteiger partial charge is 0.283 e. The highest BCUT2D eigenvalue weighted by Crippen LogP contribution is 2.30. The maximum absolute atomic E-state index is 13.7. The van der Waals surface area contributed by atoms with Crippen molar-refractivity contribution in [3.63, 3.8) is 0 Å². The number of fused-ring (bicyclic) bond motifs is 2. The molecule has 2 aliphatic rings. The Kier molecular flexibility index (Phi) is 7.03. The molecule has 2 unspecified atom stereocenters. The number of halogens is 1. The molecule has 2 aliphatic heterocycles. The van der Waals surface area contributed by atoms with Crippen molar-refractivity contribution >= 4 is 49.8 Å². The summed E-state index contributed by atoms with van der Waals surface area (Å²) in [5.41, 5.74) is 1.59. The number of hydrogen-bond donors (Lipinski definition) is 4. The molecule has 40 heavy (non-hydrogen) atoms. The highest BCUT2D eigenvalue weighted by molar-refractivity contribution is 7.89. The van der Waals surface area contributed by atoms with E-state index in [0.29, 0.717) is 33.9 Å². The second kappa shape index (κ2) is 10.4. The van der Waals surface area contributed by atoms with Crippen molar-refractivity contribution in [1.29, 1.82) is 0 Å². The number of aromatic hydroxyl groups is 2. The molecule has 6 rings (SSSR count). The molecule has 2 atom stereocenters. The minimum Gasteiger partial charge on any atom is -0.494 e. The van der Waals surface area contributed by atoms with E-state index in [2.05, 4.69) is 22.2 Å². The number of nitrogens with zero attached hydrogens (tertiary/aromatic N) is 4. The number of carbonyl (C=O) groups is 1. The van der Waals surface area contributed by atoms with Gasteiger partial charge in [-0.1, -0.05) is 11.6 Å². The van der Waals surface area contributed by atoms with Crippen LogP contribution < -0.4 is 5.32 Å². The van der Waals surface area contributed by atoms with E-state index in [4.69, 9.17) is 11.6 Å². The van der Waals surface area contributed by atoms with Crippen LogP contribution in [0.15, 0.2) is 41.4 Å². The van der Waals surface area contributed by atoms with Gasteiger partial charge in [0.1, 0.15) is 5.03 Å². The highest BCUT2D eigenvalue weighted by atomic mass is 35.5. The minimum absolute atomic E-state index is 0.0522. The number of sulfonamides is 1. The van der Waals surface area contributed by atoms with E-state index in [1.807, 2.05) is 0 Å². The maximum atomic E-state index is 13.7. The molecule has 1 amide bonds. The van der Waals surface area contributed by atoms with Crippen LogP contribution in [0.4, 0.5) is 0 Å². The molecule has 212 valence electrons. The van der Waals surface area contributed by atoms with Crippen molar-refractivity contribution in [2.75, 3.05) is 19.6 Å². The Labute approximate surface area is 240 Å². The average Bonchev–Trinajstić information content (AvgIpc) is 3.63. The number of aromatic nitrogens is 3. The number of thiazole rings is 1. The number of carbonyl (C=O) groups excluding carboxylic acids is 1. The molecule has 1 saturated heterocycles. The fourth-order valence-corrected chi connectivity index (χ4v) is 8.05. The van der Waals surface area contributed by atoms with Crippen LogP contribution in [0.5, 0.6) is 11.8 Å². The normalized spacial score (nSPS) is 20.2. The van der Waals surface area contributed by atoms with Crippen LogP contribution in [0.2, 0.25) is 5.02 Å². The van der Waals surface area contributed by atoms with Gasteiger partial charge in [-0.25, -0.2) is 13.4 Å². The van der Waals surface area contributed by atoms with Crippen LogP contribution in [0.1, 0.15) is 33.7 Å². The number of H-pyrrole nitrogens is 1. The Hall–Kier alpha value is -3.10. The van der Waals surface area contributed by atoms with Gasteiger partial charge in [0.05, 0.1) is 5.69 Å². The number of amides is 1. The molecule has 4 aromatic rings. The average molecular weight is 605 g/mol. The van der Waals surface area contributed by atoms with E-state index in [1.165, 1.54) is 32.3 Å². The van der Waals surface area contributed by atoms with Crippen molar-refractivity contribution in [1.82, 2.24) is 29.1 Å². The zero-order valence-corrected chi connectivity index (χ0v) is 24.1. The lowest BCUT2D eigenvalue weighted by atomic mass is 10.1. The SMILES string of the molecule is CC1Cc2nc(C(=O)N3CCN(S(=O)(=O)c4cc5cc(Cl)ccc5[nH]4)CC3CCn3c(O)ccc3O)sc2CN1. The van der Waals surface area contributed by atoms with Gasteiger partial charge in [0.25, 0.3) is 15.9 Å². The molecule has 14 heteroatoms. The maximum Gasteiger partial charge on any atom is 0.283 e.